The largest absolute Gasteiger partial charge is 0.322 e. The summed E-state index contributed by atoms with van der Waals surface area (Å²) in [7, 11) is 0. The summed E-state index contributed by atoms with van der Waals surface area (Å²) >= 11 is 1.54. The summed E-state index contributed by atoms with van der Waals surface area (Å²) < 4.78 is 1.59. The summed E-state index contributed by atoms with van der Waals surface area (Å²) in [6.07, 6.45) is -0.0771. The molecule has 3 amide bonds. The average molecular weight is 479 g/mol. The molecule has 2 aliphatic rings. The van der Waals surface area contributed by atoms with Crippen LogP contribution in [0.2, 0.25) is 0 Å². The number of benzene rings is 1. The van der Waals surface area contributed by atoms with Gasteiger partial charge in [-0.2, -0.15) is 5.10 Å². The third-order valence-electron chi connectivity index (χ3n) is 6.08. The number of anilines is 2. The van der Waals surface area contributed by atoms with Crippen molar-refractivity contribution in [2.75, 3.05) is 16.8 Å². The number of carbonyl (C=O) groups is 3. The minimum absolute atomic E-state index is 0.0350. The van der Waals surface area contributed by atoms with Crippen LogP contribution in [0.4, 0.5) is 11.5 Å². The Morgan fingerprint density at radius 1 is 1.18 bits per heavy atom. The Labute approximate surface area is 201 Å². The lowest BCUT2D eigenvalue weighted by atomic mass is 10.1. The molecule has 2 fully saturated rings. The predicted molar refractivity (Wildman–Crippen MR) is 130 cm³/mol. The second-order valence-corrected chi connectivity index (χ2v) is 9.76. The highest BCUT2D eigenvalue weighted by Crippen LogP contribution is 2.30. The van der Waals surface area contributed by atoms with Crippen molar-refractivity contribution in [1.82, 2.24) is 20.4 Å². The summed E-state index contributed by atoms with van der Waals surface area (Å²) in [6.45, 7) is 4.23. The van der Waals surface area contributed by atoms with Gasteiger partial charge in [0.2, 0.25) is 17.7 Å². The first-order valence-electron chi connectivity index (χ1n) is 11.2. The minimum Gasteiger partial charge on any atom is -0.322 e. The molecule has 0 aliphatic carbocycles. The molecule has 3 unspecified atom stereocenters. The van der Waals surface area contributed by atoms with Crippen molar-refractivity contribution in [3.05, 3.63) is 53.4 Å². The maximum absolute atomic E-state index is 13.2. The van der Waals surface area contributed by atoms with Crippen LogP contribution >= 0.6 is 11.3 Å². The van der Waals surface area contributed by atoms with E-state index in [0.717, 1.165) is 16.1 Å². The smallest absolute Gasteiger partial charge is 0.230 e. The summed E-state index contributed by atoms with van der Waals surface area (Å²) in [5.74, 6) is -0.447. The Balaban J connectivity index is 1.38. The summed E-state index contributed by atoms with van der Waals surface area (Å²) in [5, 5.41) is 15.8. The Morgan fingerprint density at radius 2 is 1.97 bits per heavy atom. The Bertz CT molecular complexity index is 1220. The van der Waals surface area contributed by atoms with Crippen LogP contribution in [0.25, 0.3) is 10.6 Å². The number of hydrogen-bond acceptors (Lipinski definition) is 6. The van der Waals surface area contributed by atoms with Gasteiger partial charge in [0, 0.05) is 37.2 Å². The van der Waals surface area contributed by atoms with E-state index in [1.54, 1.807) is 27.0 Å². The number of aryl methyl sites for hydroxylation is 1. The van der Waals surface area contributed by atoms with Crippen LogP contribution in [0.15, 0.2) is 47.8 Å². The predicted octanol–water partition coefficient (Wildman–Crippen LogP) is 2.87. The lowest BCUT2D eigenvalue weighted by Crippen LogP contribution is -2.52. The van der Waals surface area contributed by atoms with Gasteiger partial charge in [0.15, 0.2) is 6.29 Å². The van der Waals surface area contributed by atoms with Crippen molar-refractivity contribution in [2.45, 2.75) is 39.0 Å². The van der Waals surface area contributed by atoms with Crippen molar-refractivity contribution >= 4 is 40.6 Å². The zero-order valence-corrected chi connectivity index (χ0v) is 19.8. The van der Waals surface area contributed by atoms with E-state index in [4.69, 9.17) is 0 Å². The average Bonchev–Trinajstić information content (AvgIpc) is 3.53. The van der Waals surface area contributed by atoms with Gasteiger partial charge >= 0.3 is 0 Å². The highest BCUT2D eigenvalue weighted by molar-refractivity contribution is 7.13. The fraction of sp³-hybridized carbons (Fsp3) is 0.333. The first kappa shape index (κ1) is 22.3. The molecule has 0 radical (unpaired) electrons. The molecule has 0 saturated carbocycles. The molecule has 4 heterocycles. The quantitative estimate of drug-likeness (QED) is 0.523. The van der Waals surface area contributed by atoms with Crippen LogP contribution in [0, 0.1) is 12.8 Å². The molecule has 3 atom stereocenters. The number of rotatable bonds is 5. The second kappa shape index (κ2) is 9.03. The SMILES string of the molecule is Cc1ccc(N2CC(C(=O)Nc3cc(-c4cccs4)nn3C3NC(=O)CC(C)N3)CC2=O)cc1. The molecule has 176 valence electrons. The first-order chi connectivity index (χ1) is 16.4. The molecule has 3 aromatic rings. The molecule has 0 bridgehead atoms. The zero-order valence-electron chi connectivity index (χ0n) is 18.9. The number of carbonyl (C=O) groups excluding carboxylic acids is 3. The fourth-order valence-corrected chi connectivity index (χ4v) is 4.99. The Morgan fingerprint density at radius 3 is 2.68 bits per heavy atom. The number of nitrogens with zero attached hydrogens (tertiary/aromatic N) is 3. The highest BCUT2D eigenvalue weighted by atomic mass is 32.1. The van der Waals surface area contributed by atoms with Crippen molar-refractivity contribution in [3.8, 4) is 10.6 Å². The van der Waals surface area contributed by atoms with E-state index in [2.05, 4.69) is 21.0 Å². The van der Waals surface area contributed by atoms with Crippen molar-refractivity contribution in [2.24, 2.45) is 5.92 Å². The van der Waals surface area contributed by atoms with Gasteiger partial charge in [0.05, 0.1) is 10.8 Å². The van der Waals surface area contributed by atoms with E-state index in [1.807, 2.05) is 55.6 Å². The topological polar surface area (TPSA) is 108 Å². The maximum Gasteiger partial charge on any atom is 0.230 e. The molecule has 1 aromatic carbocycles. The van der Waals surface area contributed by atoms with Crippen LogP contribution in [-0.4, -0.2) is 40.1 Å². The van der Waals surface area contributed by atoms with Gasteiger partial charge in [-0.05, 0) is 37.4 Å². The van der Waals surface area contributed by atoms with Crippen LogP contribution in [-0.2, 0) is 14.4 Å². The van der Waals surface area contributed by atoms with Gasteiger partial charge in [0.1, 0.15) is 11.5 Å². The van der Waals surface area contributed by atoms with Crippen LogP contribution in [0.5, 0.6) is 0 Å². The monoisotopic (exact) mass is 478 g/mol. The number of aromatic nitrogens is 2. The van der Waals surface area contributed by atoms with E-state index in [-0.39, 0.29) is 30.2 Å². The molecule has 2 aliphatic heterocycles. The van der Waals surface area contributed by atoms with Crippen LogP contribution < -0.4 is 20.9 Å². The molecular formula is C24H26N6O3S. The molecule has 10 heteroatoms. The van der Waals surface area contributed by atoms with Gasteiger partial charge in [-0.1, -0.05) is 23.8 Å². The van der Waals surface area contributed by atoms with Crippen LogP contribution in [0.1, 0.15) is 31.6 Å². The molecule has 9 nitrogen and oxygen atoms in total. The normalized spacial score (nSPS) is 22.6. The summed E-state index contributed by atoms with van der Waals surface area (Å²) in [4.78, 5) is 40.6. The van der Waals surface area contributed by atoms with Gasteiger partial charge < -0.3 is 15.5 Å². The van der Waals surface area contributed by atoms with Crippen molar-refractivity contribution < 1.29 is 14.4 Å². The third kappa shape index (κ3) is 4.46. The van der Waals surface area contributed by atoms with Gasteiger partial charge in [-0.15, -0.1) is 11.3 Å². The molecule has 3 N–H and O–H groups in total. The standard InChI is InChI=1S/C24H26N6O3S/c1-14-5-7-17(8-6-14)29-13-16(11-22(29)32)23(33)26-20-12-18(19-4-3-9-34-19)28-30(20)24-25-15(2)10-21(31)27-24/h3-9,12,15-16,24-25H,10-11,13H2,1-2H3,(H,26,33)(H,27,31). The maximum atomic E-state index is 13.2. The van der Waals surface area contributed by atoms with Gasteiger partial charge in [-0.25, -0.2) is 4.68 Å². The summed E-state index contributed by atoms with van der Waals surface area (Å²) in [5.41, 5.74) is 2.60. The fourth-order valence-electron chi connectivity index (χ4n) is 4.31. The Hall–Kier alpha value is -3.50. The van der Waals surface area contributed by atoms with E-state index in [1.165, 1.54) is 0 Å². The Kier molecular flexibility index (Phi) is 5.93. The van der Waals surface area contributed by atoms with E-state index < -0.39 is 12.2 Å². The molecule has 34 heavy (non-hydrogen) atoms. The molecule has 5 rings (SSSR count). The van der Waals surface area contributed by atoms with E-state index >= 15 is 0 Å². The van der Waals surface area contributed by atoms with E-state index in [0.29, 0.717) is 24.5 Å². The van der Waals surface area contributed by atoms with Crippen LogP contribution in [0.3, 0.4) is 0 Å². The van der Waals surface area contributed by atoms with Crippen molar-refractivity contribution in [1.29, 1.82) is 0 Å². The highest BCUT2D eigenvalue weighted by Gasteiger charge is 2.36. The first-order valence-corrected chi connectivity index (χ1v) is 12.1. The summed E-state index contributed by atoms with van der Waals surface area (Å²) in [6, 6.07) is 13.3. The zero-order chi connectivity index (χ0) is 23.8. The minimum atomic E-state index is -0.588. The molecule has 2 saturated heterocycles. The molecule has 2 aromatic heterocycles. The molecular weight excluding hydrogens is 452 g/mol. The van der Waals surface area contributed by atoms with Gasteiger partial charge in [-0.3, -0.25) is 19.7 Å². The number of hydrogen-bond donors (Lipinski definition) is 3. The van der Waals surface area contributed by atoms with Crippen molar-refractivity contribution in [3.63, 3.8) is 0 Å². The lowest BCUT2D eigenvalue weighted by Gasteiger charge is -2.30. The third-order valence-corrected chi connectivity index (χ3v) is 6.97. The number of thiophene rings is 1. The number of nitrogens with one attached hydrogen (secondary N) is 3. The molecule has 0 spiro atoms. The lowest BCUT2D eigenvalue weighted by molar-refractivity contribution is -0.125. The number of amides is 3. The second-order valence-electron chi connectivity index (χ2n) is 8.81. The van der Waals surface area contributed by atoms with E-state index in [9.17, 15) is 14.4 Å². The van der Waals surface area contributed by atoms with Gasteiger partial charge in [0.25, 0.3) is 0 Å².